The highest BCUT2D eigenvalue weighted by atomic mass is 16.7. The van der Waals surface area contributed by atoms with Crippen LogP contribution >= 0.6 is 0 Å². The average Bonchev–Trinajstić information content (AvgIpc) is 2.59. The van der Waals surface area contributed by atoms with Crippen molar-refractivity contribution in [2.45, 2.75) is 6.92 Å². The molecule has 0 radical (unpaired) electrons. The van der Waals surface area contributed by atoms with Gasteiger partial charge in [0.2, 0.25) is 0 Å². The summed E-state index contributed by atoms with van der Waals surface area (Å²) in [4.78, 5) is 16.5. The molecule has 0 amide bonds. The van der Waals surface area contributed by atoms with Gasteiger partial charge < -0.3 is 9.47 Å². The second kappa shape index (κ2) is 7.84. The molecular formula is C17H19N2O4+. The van der Waals surface area contributed by atoms with Crippen LogP contribution in [0.5, 0.6) is 11.5 Å². The van der Waals surface area contributed by atoms with Crippen molar-refractivity contribution in [2.75, 3.05) is 13.7 Å². The maximum Gasteiger partial charge on any atom is 0.394 e. The van der Waals surface area contributed by atoms with Gasteiger partial charge in [0, 0.05) is 0 Å². The molecule has 120 valence electrons. The van der Waals surface area contributed by atoms with E-state index >= 15 is 0 Å². The Kier molecular flexibility index (Phi) is 5.57. The number of carbonyl (C=O) groups is 1. The number of benzene rings is 2. The summed E-state index contributed by atoms with van der Waals surface area (Å²) in [5.74, 6) is 0.989. The lowest BCUT2D eigenvalue weighted by atomic mass is 10.2. The SMILES string of the molecule is COc1ccc(C(N)=[NH+]OC(=O)COc2ccccc2C)cc1. The van der Waals surface area contributed by atoms with Crippen LogP contribution in [-0.2, 0) is 9.63 Å². The fraction of sp³-hybridized carbons (Fsp3) is 0.176. The van der Waals surface area contributed by atoms with Gasteiger partial charge in [-0.25, -0.2) is 4.79 Å². The molecule has 3 N–H and O–H groups in total. The molecule has 0 unspecified atom stereocenters. The molecule has 0 fully saturated rings. The lowest BCUT2D eigenvalue weighted by Gasteiger charge is -2.06. The van der Waals surface area contributed by atoms with Crippen molar-refractivity contribution in [3.05, 3.63) is 59.7 Å². The second-order valence-corrected chi connectivity index (χ2v) is 4.77. The standard InChI is InChI=1S/C17H18N2O4/c1-12-5-3-4-6-15(12)22-11-16(20)23-19-17(18)13-7-9-14(21-2)10-8-13/h3-10H,11H2,1-2H3,(H2,18,19)/p+1. The number of para-hydroxylation sites is 1. The lowest BCUT2D eigenvalue weighted by molar-refractivity contribution is -0.724. The number of nitrogens with two attached hydrogens (primary N) is 1. The molecule has 0 aliphatic rings. The van der Waals surface area contributed by atoms with E-state index in [0.717, 1.165) is 5.56 Å². The summed E-state index contributed by atoms with van der Waals surface area (Å²) in [6.45, 7) is 1.68. The van der Waals surface area contributed by atoms with Crippen molar-refractivity contribution in [3.63, 3.8) is 0 Å². The van der Waals surface area contributed by atoms with Gasteiger partial charge in [-0.2, -0.15) is 0 Å². The van der Waals surface area contributed by atoms with Crippen molar-refractivity contribution >= 4 is 11.8 Å². The van der Waals surface area contributed by atoms with Crippen molar-refractivity contribution in [2.24, 2.45) is 5.73 Å². The van der Waals surface area contributed by atoms with E-state index in [1.807, 2.05) is 25.1 Å². The van der Waals surface area contributed by atoms with Crippen molar-refractivity contribution in [1.29, 1.82) is 0 Å². The van der Waals surface area contributed by atoms with Gasteiger partial charge in [-0.3, -0.25) is 10.6 Å². The molecule has 2 aromatic carbocycles. The van der Waals surface area contributed by atoms with Gasteiger partial charge in [0.15, 0.2) is 6.61 Å². The zero-order valence-electron chi connectivity index (χ0n) is 13.0. The summed E-state index contributed by atoms with van der Waals surface area (Å²) in [6.07, 6.45) is 0. The van der Waals surface area contributed by atoms with Crippen LogP contribution in [-0.4, -0.2) is 25.5 Å². The van der Waals surface area contributed by atoms with Gasteiger partial charge >= 0.3 is 11.8 Å². The van der Waals surface area contributed by atoms with E-state index in [1.54, 1.807) is 37.4 Å². The largest absolute Gasteiger partial charge is 0.497 e. The smallest absolute Gasteiger partial charge is 0.394 e. The third-order valence-electron chi connectivity index (χ3n) is 3.11. The Hall–Kier alpha value is -3.02. The number of nitrogens with one attached hydrogen (secondary N) is 1. The van der Waals surface area contributed by atoms with E-state index in [1.165, 1.54) is 0 Å². The minimum absolute atomic E-state index is 0.215. The first-order valence-electron chi connectivity index (χ1n) is 7.01. The number of ether oxygens (including phenoxy) is 2. The summed E-state index contributed by atoms with van der Waals surface area (Å²) in [6, 6.07) is 14.4. The molecule has 0 saturated carbocycles. The van der Waals surface area contributed by atoms with E-state index in [2.05, 4.69) is 5.16 Å². The van der Waals surface area contributed by atoms with Crippen molar-refractivity contribution in [3.8, 4) is 11.5 Å². The lowest BCUT2D eigenvalue weighted by Crippen LogP contribution is -2.76. The molecule has 0 bridgehead atoms. The van der Waals surface area contributed by atoms with E-state index in [0.29, 0.717) is 17.1 Å². The predicted octanol–water partition coefficient (Wildman–Crippen LogP) is 0.327. The Morgan fingerprint density at radius 3 is 2.48 bits per heavy atom. The number of carbonyl (C=O) groups excluding carboxylic acids is 1. The molecule has 0 aliphatic carbocycles. The molecular weight excluding hydrogens is 296 g/mol. The highest BCUT2D eigenvalue weighted by Gasteiger charge is 2.10. The summed E-state index contributed by atoms with van der Waals surface area (Å²) >= 11 is 0. The van der Waals surface area contributed by atoms with Crippen LogP contribution < -0.4 is 20.4 Å². The monoisotopic (exact) mass is 315 g/mol. The van der Waals surface area contributed by atoms with E-state index in [9.17, 15) is 4.79 Å². The predicted molar refractivity (Wildman–Crippen MR) is 85.0 cm³/mol. The second-order valence-electron chi connectivity index (χ2n) is 4.77. The zero-order valence-corrected chi connectivity index (χ0v) is 13.0. The normalized spacial score (nSPS) is 11.0. The van der Waals surface area contributed by atoms with Gasteiger partial charge in [0.25, 0.3) is 0 Å². The number of methoxy groups -OCH3 is 1. The Morgan fingerprint density at radius 2 is 1.83 bits per heavy atom. The summed E-state index contributed by atoms with van der Waals surface area (Å²) < 4.78 is 10.4. The molecule has 0 saturated heterocycles. The van der Waals surface area contributed by atoms with Gasteiger partial charge in [-0.1, -0.05) is 23.4 Å². The van der Waals surface area contributed by atoms with E-state index in [4.69, 9.17) is 20.0 Å². The molecule has 2 aromatic rings. The first-order valence-corrected chi connectivity index (χ1v) is 7.01. The Labute approximate surface area is 134 Å². The molecule has 0 aromatic heterocycles. The molecule has 23 heavy (non-hydrogen) atoms. The highest BCUT2D eigenvalue weighted by molar-refractivity contribution is 5.93. The minimum Gasteiger partial charge on any atom is -0.497 e. The van der Waals surface area contributed by atoms with Gasteiger partial charge in [-0.05, 0) is 42.8 Å². The average molecular weight is 315 g/mol. The molecule has 6 heteroatoms. The number of nitrogen functional groups attached to an aromatic ring is 1. The van der Waals surface area contributed by atoms with Crippen molar-refractivity contribution in [1.82, 2.24) is 0 Å². The van der Waals surface area contributed by atoms with Gasteiger partial charge in [0.05, 0.1) is 12.7 Å². The fourth-order valence-corrected chi connectivity index (χ4v) is 1.83. The van der Waals surface area contributed by atoms with E-state index < -0.39 is 5.97 Å². The van der Waals surface area contributed by atoms with E-state index in [-0.39, 0.29) is 12.4 Å². The first kappa shape index (κ1) is 16.4. The van der Waals surface area contributed by atoms with Crippen LogP contribution in [0.1, 0.15) is 11.1 Å². The first-order chi connectivity index (χ1) is 11.1. The summed E-state index contributed by atoms with van der Waals surface area (Å²) in [5.41, 5.74) is 7.43. The molecule has 6 nitrogen and oxygen atoms in total. The number of hydrogen-bond donors (Lipinski definition) is 2. The third-order valence-corrected chi connectivity index (χ3v) is 3.11. The van der Waals surface area contributed by atoms with Crippen LogP contribution in [0.4, 0.5) is 0 Å². The number of rotatable bonds is 6. The Bertz CT molecular complexity index is 696. The maximum absolute atomic E-state index is 11.7. The summed E-state index contributed by atoms with van der Waals surface area (Å²) in [5, 5.41) is 2.41. The molecule has 0 atom stereocenters. The minimum atomic E-state index is -0.579. The summed E-state index contributed by atoms with van der Waals surface area (Å²) in [7, 11) is 1.58. The molecule has 2 rings (SSSR count). The number of amidine groups is 1. The van der Waals surface area contributed by atoms with Crippen LogP contribution in [0.15, 0.2) is 48.5 Å². The topological polar surface area (TPSA) is 84.8 Å². The van der Waals surface area contributed by atoms with Crippen LogP contribution in [0.25, 0.3) is 0 Å². The molecule has 0 heterocycles. The van der Waals surface area contributed by atoms with Crippen LogP contribution in [0.3, 0.4) is 0 Å². The highest BCUT2D eigenvalue weighted by Crippen LogP contribution is 2.15. The maximum atomic E-state index is 11.7. The zero-order chi connectivity index (χ0) is 16.7. The van der Waals surface area contributed by atoms with Crippen molar-refractivity contribution < 1.29 is 24.3 Å². The molecule has 0 spiro atoms. The number of aryl methyl sites for hydroxylation is 1. The van der Waals surface area contributed by atoms with Gasteiger partial charge in [-0.15, -0.1) is 0 Å². The quantitative estimate of drug-likeness (QED) is 0.347. The number of hydrogen-bond acceptors (Lipinski definition) is 4. The fourth-order valence-electron chi connectivity index (χ4n) is 1.83. The van der Waals surface area contributed by atoms with Gasteiger partial charge in [0.1, 0.15) is 11.5 Å². The Balaban J connectivity index is 1.88. The molecule has 0 aliphatic heterocycles. The van der Waals surface area contributed by atoms with Crippen LogP contribution in [0.2, 0.25) is 0 Å². The van der Waals surface area contributed by atoms with Crippen LogP contribution in [0, 0.1) is 6.92 Å². The Morgan fingerprint density at radius 1 is 1.13 bits per heavy atom. The third kappa shape index (κ3) is 4.74.